The van der Waals surface area contributed by atoms with Crippen molar-refractivity contribution in [3.63, 3.8) is 0 Å². The first kappa shape index (κ1) is 23.6. The molecule has 0 bridgehead atoms. The summed E-state index contributed by atoms with van der Waals surface area (Å²) in [4.78, 5) is 12.9. The fourth-order valence-corrected chi connectivity index (χ4v) is 4.72. The van der Waals surface area contributed by atoms with E-state index in [4.69, 9.17) is 16.3 Å². The third-order valence-corrected chi connectivity index (χ3v) is 6.79. The molecule has 5 nitrogen and oxygen atoms in total. The van der Waals surface area contributed by atoms with Crippen LogP contribution in [0.1, 0.15) is 75.3 Å². The number of nitrogens with zero attached hydrogens (tertiary/aromatic N) is 2. The molecule has 1 saturated carbocycles. The predicted molar refractivity (Wildman–Crippen MR) is 127 cm³/mol. The monoisotopic (exact) mass is 445 g/mol. The van der Waals surface area contributed by atoms with Crippen LogP contribution in [0.5, 0.6) is 5.75 Å². The van der Waals surface area contributed by atoms with E-state index in [2.05, 4.69) is 36.4 Å². The van der Waals surface area contributed by atoms with Gasteiger partial charge in [0.25, 0.3) is 5.91 Å². The van der Waals surface area contributed by atoms with Crippen molar-refractivity contribution in [2.45, 2.75) is 72.3 Å². The predicted octanol–water partition coefficient (Wildman–Crippen LogP) is 6.13. The Labute approximate surface area is 191 Å². The first-order chi connectivity index (χ1) is 15.0. The van der Waals surface area contributed by atoms with Crippen LogP contribution in [0, 0.1) is 11.8 Å². The highest BCUT2D eigenvalue weighted by atomic mass is 35.5. The SMILES string of the molecule is CCCCc1ccc(-c2c(Cl)c(C(=O)NCC3CCC(C)CC3)nn2CC)c(OC)c1. The second kappa shape index (κ2) is 11.0. The summed E-state index contributed by atoms with van der Waals surface area (Å²) in [5.74, 6) is 1.90. The third kappa shape index (κ3) is 5.62. The fourth-order valence-electron chi connectivity index (χ4n) is 4.39. The minimum Gasteiger partial charge on any atom is -0.496 e. The molecule has 6 heteroatoms. The molecule has 0 saturated heterocycles. The van der Waals surface area contributed by atoms with Crippen LogP contribution in [0.2, 0.25) is 5.02 Å². The summed E-state index contributed by atoms with van der Waals surface area (Å²) in [6.07, 6.45) is 8.13. The van der Waals surface area contributed by atoms with Crippen molar-refractivity contribution < 1.29 is 9.53 Å². The van der Waals surface area contributed by atoms with Gasteiger partial charge < -0.3 is 10.1 Å². The van der Waals surface area contributed by atoms with Crippen LogP contribution < -0.4 is 10.1 Å². The van der Waals surface area contributed by atoms with Gasteiger partial charge in [0.15, 0.2) is 5.69 Å². The molecule has 170 valence electrons. The normalized spacial score (nSPS) is 18.7. The van der Waals surface area contributed by atoms with Crippen LogP contribution in [-0.2, 0) is 13.0 Å². The molecule has 1 aliphatic carbocycles. The number of halogens is 1. The van der Waals surface area contributed by atoms with Crippen molar-refractivity contribution in [1.29, 1.82) is 0 Å². The van der Waals surface area contributed by atoms with Crippen LogP contribution in [0.4, 0.5) is 0 Å². The van der Waals surface area contributed by atoms with E-state index in [1.54, 1.807) is 11.8 Å². The van der Waals surface area contributed by atoms with E-state index in [9.17, 15) is 4.79 Å². The summed E-state index contributed by atoms with van der Waals surface area (Å²) in [5, 5.41) is 8.00. The first-order valence-electron chi connectivity index (χ1n) is 11.7. The number of ether oxygens (including phenoxy) is 1. The summed E-state index contributed by atoms with van der Waals surface area (Å²) >= 11 is 6.73. The van der Waals surface area contributed by atoms with Crippen molar-refractivity contribution >= 4 is 17.5 Å². The van der Waals surface area contributed by atoms with Crippen molar-refractivity contribution in [3.8, 4) is 17.0 Å². The number of rotatable bonds is 9. The van der Waals surface area contributed by atoms with Crippen LogP contribution in [0.25, 0.3) is 11.3 Å². The van der Waals surface area contributed by atoms with E-state index < -0.39 is 0 Å². The van der Waals surface area contributed by atoms with Crippen LogP contribution in [0.3, 0.4) is 0 Å². The highest BCUT2D eigenvalue weighted by Crippen LogP contribution is 2.37. The Kier molecular flexibility index (Phi) is 8.42. The van der Waals surface area contributed by atoms with Gasteiger partial charge in [0.05, 0.1) is 17.8 Å². The Hall–Kier alpha value is -2.01. The van der Waals surface area contributed by atoms with Gasteiger partial charge in [0, 0.05) is 18.7 Å². The Bertz CT molecular complexity index is 885. The molecule has 0 unspecified atom stereocenters. The number of unbranched alkanes of at least 4 members (excludes halogenated alkanes) is 1. The van der Waals surface area contributed by atoms with Crippen LogP contribution in [0.15, 0.2) is 18.2 Å². The Morgan fingerprint density at radius 2 is 2.00 bits per heavy atom. The quantitative estimate of drug-likeness (QED) is 0.505. The van der Waals surface area contributed by atoms with Gasteiger partial charge in [-0.25, -0.2) is 0 Å². The number of aryl methyl sites for hydroxylation is 2. The number of hydrogen-bond acceptors (Lipinski definition) is 3. The van der Waals surface area contributed by atoms with E-state index in [1.165, 1.54) is 31.2 Å². The van der Waals surface area contributed by atoms with Gasteiger partial charge in [0.2, 0.25) is 0 Å². The average Bonchev–Trinajstić information content (AvgIpc) is 3.13. The van der Waals surface area contributed by atoms with Gasteiger partial charge in [-0.05, 0) is 62.1 Å². The maximum Gasteiger partial charge on any atom is 0.273 e. The van der Waals surface area contributed by atoms with Crippen molar-refractivity contribution in [1.82, 2.24) is 15.1 Å². The molecule has 1 N–H and O–H groups in total. The molecular weight excluding hydrogens is 410 g/mol. The van der Waals surface area contributed by atoms with E-state index in [0.29, 0.717) is 29.7 Å². The standard InChI is InChI=1S/C25H36ClN3O2/c1-5-7-8-18-13-14-20(21(15-18)31-4)24-22(26)23(28-29(24)6-2)25(30)27-16-19-11-9-17(3)10-12-19/h13-15,17,19H,5-12,16H2,1-4H3,(H,27,30). The van der Waals surface area contributed by atoms with Crippen molar-refractivity contribution in [2.75, 3.05) is 13.7 Å². The number of amides is 1. The summed E-state index contributed by atoms with van der Waals surface area (Å²) < 4.78 is 7.47. The van der Waals surface area contributed by atoms with Gasteiger partial charge in [-0.3, -0.25) is 9.48 Å². The lowest BCUT2D eigenvalue weighted by Gasteiger charge is -2.26. The highest BCUT2D eigenvalue weighted by molar-refractivity contribution is 6.36. The lowest BCUT2D eigenvalue weighted by atomic mass is 9.83. The van der Waals surface area contributed by atoms with Gasteiger partial charge in [-0.1, -0.05) is 50.8 Å². The lowest BCUT2D eigenvalue weighted by molar-refractivity contribution is 0.0936. The smallest absolute Gasteiger partial charge is 0.273 e. The molecule has 0 atom stereocenters. The zero-order valence-electron chi connectivity index (χ0n) is 19.3. The molecule has 1 amide bonds. The molecule has 2 aromatic rings. The molecule has 31 heavy (non-hydrogen) atoms. The van der Waals surface area contributed by atoms with Crippen LogP contribution in [-0.4, -0.2) is 29.3 Å². The van der Waals surface area contributed by atoms with Gasteiger partial charge in [-0.2, -0.15) is 5.10 Å². The number of benzene rings is 1. The maximum absolute atomic E-state index is 12.9. The lowest BCUT2D eigenvalue weighted by Crippen LogP contribution is -2.31. The molecular formula is C25H36ClN3O2. The fraction of sp³-hybridized carbons (Fsp3) is 0.600. The summed E-state index contributed by atoms with van der Waals surface area (Å²) in [6, 6.07) is 6.21. The molecule has 0 aliphatic heterocycles. The largest absolute Gasteiger partial charge is 0.496 e. The second-order valence-corrected chi connectivity index (χ2v) is 9.18. The molecule has 1 aromatic heterocycles. The molecule has 1 aromatic carbocycles. The number of nitrogens with one attached hydrogen (secondary N) is 1. The first-order valence-corrected chi connectivity index (χ1v) is 12.1. The number of carbonyl (C=O) groups excluding carboxylic acids is 1. The minimum absolute atomic E-state index is 0.199. The Balaban J connectivity index is 1.82. The third-order valence-electron chi connectivity index (χ3n) is 6.44. The van der Waals surface area contributed by atoms with Gasteiger partial charge in [0.1, 0.15) is 5.75 Å². The molecule has 1 aliphatic rings. The summed E-state index contributed by atoms with van der Waals surface area (Å²) in [7, 11) is 1.67. The van der Waals surface area contributed by atoms with Crippen molar-refractivity contribution in [3.05, 3.63) is 34.5 Å². The maximum atomic E-state index is 12.9. The summed E-state index contributed by atoms with van der Waals surface area (Å²) in [5.41, 5.74) is 3.13. The number of methoxy groups -OCH3 is 1. The molecule has 0 spiro atoms. The zero-order valence-corrected chi connectivity index (χ0v) is 20.1. The van der Waals surface area contributed by atoms with E-state index in [1.807, 2.05) is 13.0 Å². The Morgan fingerprint density at radius 3 is 2.65 bits per heavy atom. The average molecular weight is 446 g/mol. The zero-order chi connectivity index (χ0) is 22.4. The highest BCUT2D eigenvalue weighted by Gasteiger charge is 2.25. The van der Waals surface area contributed by atoms with Gasteiger partial charge >= 0.3 is 0 Å². The molecule has 3 rings (SSSR count). The number of aromatic nitrogens is 2. The second-order valence-electron chi connectivity index (χ2n) is 8.80. The number of hydrogen-bond donors (Lipinski definition) is 1. The van der Waals surface area contributed by atoms with Gasteiger partial charge in [-0.15, -0.1) is 0 Å². The topological polar surface area (TPSA) is 56.2 Å². The van der Waals surface area contributed by atoms with Crippen LogP contribution >= 0.6 is 11.6 Å². The van der Waals surface area contributed by atoms with Crippen molar-refractivity contribution in [2.24, 2.45) is 11.8 Å². The molecule has 0 radical (unpaired) electrons. The summed E-state index contributed by atoms with van der Waals surface area (Å²) in [6.45, 7) is 7.79. The van der Waals surface area contributed by atoms with E-state index in [-0.39, 0.29) is 5.91 Å². The molecule has 1 fully saturated rings. The van der Waals surface area contributed by atoms with E-state index in [0.717, 1.165) is 42.2 Å². The minimum atomic E-state index is -0.199. The molecule has 1 heterocycles. The Morgan fingerprint density at radius 1 is 1.26 bits per heavy atom. The number of carbonyl (C=O) groups is 1. The van der Waals surface area contributed by atoms with E-state index >= 15 is 0 Å².